The van der Waals surface area contributed by atoms with Crippen molar-refractivity contribution in [2.75, 3.05) is 6.61 Å². The van der Waals surface area contributed by atoms with Gasteiger partial charge in [-0.2, -0.15) is 8.78 Å². The molecule has 0 aromatic carbocycles. The lowest BCUT2D eigenvalue weighted by Crippen LogP contribution is -2.33. The number of hydrogen-bond acceptors (Lipinski definition) is 2. The van der Waals surface area contributed by atoms with E-state index in [1.54, 1.807) is 0 Å². The van der Waals surface area contributed by atoms with Gasteiger partial charge in [0.2, 0.25) is 0 Å². The molecule has 72 valence electrons. The van der Waals surface area contributed by atoms with Crippen LogP contribution in [0.4, 0.5) is 17.6 Å². The second kappa shape index (κ2) is 4.27. The van der Waals surface area contributed by atoms with Crippen LogP contribution >= 0.6 is 0 Å². The number of carbonyl (C=O) groups is 1. The molecule has 0 aliphatic rings. The average molecular weight is 192 g/mol. The third-order valence-electron chi connectivity index (χ3n) is 0.859. The predicted octanol–water partition coefficient (Wildman–Crippen LogP) is 1.84. The molecule has 0 radical (unpaired) electrons. The van der Waals surface area contributed by atoms with E-state index in [1.807, 2.05) is 0 Å². The summed E-state index contributed by atoms with van der Waals surface area (Å²) in [5.74, 6) is -6.26. The summed E-state index contributed by atoms with van der Waals surface area (Å²) < 4.78 is 71.3. The van der Waals surface area contributed by atoms with Crippen LogP contribution in [0.25, 0.3) is 0 Å². The molecule has 0 heterocycles. The van der Waals surface area contributed by atoms with E-state index in [4.69, 9.17) is 4.11 Å². The van der Waals surface area contributed by atoms with Gasteiger partial charge in [-0.05, 0) is 0 Å². The molecule has 0 aliphatic heterocycles. The lowest BCUT2D eigenvalue weighted by molar-refractivity contribution is -0.179. The molecular formula is C6H8F4O2. The van der Waals surface area contributed by atoms with Crippen LogP contribution < -0.4 is 0 Å². The molecule has 0 rings (SSSR count). The minimum Gasteiger partial charge on any atom is -0.459 e. The maximum Gasteiger partial charge on any atom is 0.340 e. The molecule has 0 saturated heterocycles. The van der Waals surface area contributed by atoms with Crippen LogP contribution in [-0.2, 0) is 9.53 Å². The van der Waals surface area contributed by atoms with Gasteiger partial charge in [0.25, 0.3) is 0 Å². The largest absolute Gasteiger partial charge is 0.459 e. The summed E-state index contributed by atoms with van der Waals surface area (Å²) in [7, 11) is 0. The Morgan fingerprint density at radius 3 is 2.75 bits per heavy atom. The van der Waals surface area contributed by atoms with E-state index in [0.29, 0.717) is 0 Å². The standard InChI is InChI=1S/C6H8F4O2/c1-2-4(11)12-3-6(9,10)5(7)8/h5H,2-3H2,1H3/i1D,2D2,3+1. The number of ether oxygens (including phenoxy) is 1. The van der Waals surface area contributed by atoms with E-state index >= 15 is 0 Å². The second-order valence-corrected chi connectivity index (χ2v) is 1.81. The minimum atomic E-state index is -4.51. The molecular weight excluding hydrogens is 181 g/mol. The number of rotatable bonds is 4. The molecule has 0 aromatic rings. The molecule has 12 heavy (non-hydrogen) atoms. The number of alkyl halides is 4. The molecule has 0 unspecified atom stereocenters. The molecule has 0 amide bonds. The highest BCUT2D eigenvalue weighted by Crippen LogP contribution is 2.22. The summed E-state index contributed by atoms with van der Waals surface area (Å²) in [6.07, 6.45) is -6.76. The quantitative estimate of drug-likeness (QED) is 0.386. The van der Waals surface area contributed by atoms with Crippen LogP contribution in [0.2, 0.25) is 0 Å². The third kappa shape index (κ3) is 3.54. The van der Waals surface area contributed by atoms with Gasteiger partial charge in [-0.1, -0.05) is 6.90 Å². The van der Waals surface area contributed by atoms with Crippen molar-refractivity contribution in [3.63, 3.8) is 0 Å². The van der Waals surface area contributed by atoms with Gasteiger partial charge in [-0.15, -0.1) is 0 Å². The average Bonchev–Trinajstić information content (AvgIpc) is 2.13. The predicted molar refractivity (Wildman–Crippen MR) is 32.2 cm³/mol. The van der Waals surface area contributed by atoms with Crippen LogP contribution in [0.15, 0.2) is 0 Å². The Morgan fingerprint density at radius 1 is 1.75 bits per heavy atom. The molecule has 0 N–H and O–H groups in total. The third-order valence-corrected chi connectivity index (χ3v) is 0.859. The zero-order chi connectivity index (χ0) is 12.3. The lowest BCUT2D eigenvalue weighted by atomic mass is 10.5. The molecule has 2 nitrogen and oxygen atoms in total. The Morgan fingerprint density at radius 2 is 2.33 bits per heavy atom. The molecule has 0 spiro atoms. The SMILES string of the molecule is [2H]CC([2H])([2H])C(=O)O[13CH2]C(F)(F)C(F)F. The fourth-order valence-electron chi connectivity index (χ4n) is 0.276. The van der Waals surface area contributed by atoms with Crippen molar-refractivity contribution < 1.29 is 31.2 Å². The van der Waals surface area contributed by atoms with Crippen LogP contribution in [0.1, 0.15) is 17.4 Å². The van der Waals surface area contributed by atoms with Crippen LogP contribution in [0.5, 0.6) is 0 Å². The lowest BCUT2D eigenvalue weighted by Gasteiger charge is -2.14. The van der Waals surface area contributed by atoms with Crippen molar-refractivity contribution in [1.29, 1.82) is 0 Å². The van der Waals surface area contributed by atoms with E-state index in [-0.39, 0.29) is 0 Å². The number of carbonyl (C=O) groups excluding carboxylic acids is 1. The molecule has 0 bridgehead atoms. The zero-order valence-electron chi connectivity index (χ0n) is 8.82. The Bertz CT molecular complexity index is 234. The summed E-state index contributed by atoms with van der Waals surface area (Å²) in [5.41, 5.74) is 0. The van der Waals surface area contributed by atoms with Crippen molar-refractivity contribution in [2.24, 2.45) is 0 Å². The number of halogens is 4. The maximum absolute atomic E-state index is 12.2. The monoisotopic (exact) mass is 192 g/mol. The first-order valence-electron chi connectivity index (χ1n) is 4.46. The van der Waals surface area contributed by atoms with Crippen molar-refractivity contribution in [2.45, 2.75) is 25.6 Å². The van der Waals surface area contributed by atoms with Gasteiger partial charge >= 0.3 is 18.3 Å². The van der Waals surface area contributed by atoms with Gasteiger partial charge < -0.3 is 4.74 Å². The van der Waals surface area contributed by atoms with E-state index in [9.17, 15) is 22.4 Å². The van der Waals surface area contributed by atoms with Gasteiger partial charge in [0, 0.05) is 10.5 Å². The number of hydrogen-bond donors (Lipinski definition) is 0. The van der Waals surface area contributed by atoms with Crippen molar-refractivity contribution >= 4 is 5.97 Å². The Kier molecular flexibility index (Phi) is 2.38. The summed E-state index contributed by atoms with van der Waals surface area (Å²) >= 11 is 0. The first-order chi connectivity index (χ1) is 6.63. The van der Waals surface area contributed by atoms with E-state index in [2.05, 4.69) is 4.74 Å². The summed E-state index contributed by atoms with van der Waals surface area (Å²) in [4.78, 5) is 10.7. The Hall–Kier alpha value is -0.810. The fourth-order valence-corrected chi connectivity index (χ4v) is 0.276. The Labute approximate surface area is 70.7 Å². The van der Waals surface area contributed by atoms with Gasteiger partial charge in [-0.25, -0.2) is 8.78 Å². The van der Waals surface area contributed by atoms with Gasteiger partial charge in [0.1, 0.15) is 0 Å². The van der Waals surface area contributed by atoms with E-state index in [1.165, 1.54) is 0 Å². The van der Waals surface area contributed by atoms with Crippen LogP contribution in [0.3, 0.4) is 0 Å². The Balaban J connectivity index is 4.24. The summed E-state index contributed by atoms with van der Waals surface area (Å²) in [5, 5.41) is 0. The topological polar surface area (TPSA) is 26.3 Å². The molecule has 0 atom stereocenters. The van der Waals surface area contributed by atoms with Crippen molar-refractivity contribution in [1.82, 2.24) is 0 Å². The smallest absolute Gasteiger partial charge is 0.340 e. The van der Waals surface area contributed by atoms with Gasteiger partial charge in [-0.3, -0.25) is 4.79 Å². The molecule has 0 fully saturated rings. The van der Waals surface area contributed by atoms with Crippen molar-refractivity contribution in [3.05, 3.63) is 0 Å². The van der Waals surface area contributed by atoms with Crippen LogP contribution in [-0.4, -0.2) is 24.9 Å². The maximum atomic E-state index is 12.2. The second-order valence-electron chi connectivity index (χ2n) is 1.81. The van der Waals surface area contributed by atoms with Gasteiger partial charge in [0.15, 0.2) is 6.61 Å². The van der Waals surface area contributed by atoms with E-state index in [0.717, 1.165) is 0 Å². The first-order valence-corrected chi connectivity index (χ1v) is 2.76. The molecule has 0 aromatic heterocycles. The zero-order valence-corrected chi connectivity index (χ0v) is 5.82. The van der Waals surface area contributed by atoms with Crippen molar-refractivity contribution in [3.8, 4) is 0 Å². The first kappa shape index (κ1) is 6.68. The summed E-state index contributed by atoms with van der Waals surface area (Å²) in [6.45, 7) is -2.94. The van der Waals surface area contributed by atoms with Crippen LogP contribution in [0, 0.1) is 0 Å². The highest BCUT2D eigenvalue weighted by Gasteiger charge is 2.42. The fraction of sp³-hybridized carbons (Fsp3) is 0.833. The molecule has 6 heteroatoms. The normalized spacial score (nSPS) is 16.6. The van der Waals surface area contributed by atoms with Gasteiger partial charge in [0.05, 0.1) is 0 Å². The highest BCUT2D eigenvalue weighted by molar-refractivity contribution is 5.68. The number of esters is 1. The molecule has 0 saturated carbocycles. The van der Waals surface area contributed by atoms with E-state index < -0.39 is 38.2 Å². The minimum absolute atomic E-state index is 1.04. The summed E-state index contributed by atoms with van der Waals surface area (Å²) in [6, 6.07) is 0. The highest BCUT2D eigenvalue weighted by atomic mass is 19.3. The molecule has 0 aliphatic carbocycles.